The molecule has 210 valence electrons. The third-order valence-corrected chi connectivity index (χ3v) is 17.8. The van der Waals surface area contributed by atoms with Crippen molar-refractivity contribution in [3.63, 3.8) is 0 Å². The van der Waals surface area contributed by atoms with Crippen LogP contribution in [0.25, 0.3) is 0 Å². The lowest BCUT2D eigenvalue weighted by Crippen LogP contribution is -2.54. The quantitative estimate of drug-likeness (QED) is 0.121. The molecule has 0 radical (unpaired) electrons. The molecule has 0 aliphatic rings. The molecule has 0 spiro atoms. The topological polar surface area (TPSA) is 18.5 Å². The van der Waals surface area contributed by atoms with E-state index in [1.54, 1.807) is 33.8 Å². The molecule has 0 aliphatic carbocycles. The van der Waals surface area contributed by atoms with Crippen molar-refractivity contribution < 1.29 is 39.6 Å². The molecule has 0 aromatic heterocycles. The Balaban J connectivity index is 5.95. The SMILES string of the molecule is C=C[C@@H](C)[C@H](CCO[Si](C)(C)C(C)(C)C)O[Si](CCC(F)(F)C(F)(F)C(F)(F)F)(C(C)C)C(C)C. The summed E-state index contributed by atoms with van der Waals surface area (Å²) in [5.74, 6) is -11.5. The summed E-state index contributed by atoms with van der Waals surface area (Å²) in [6, 6.07) is -0.523. The van der Waals surface area contributed by atoms with Gasteiger partial charge in [-0.3, -0.25) is 0 Å². The molecule has 0 saturated heterocycles. The lowest BCUT2D eigenvalue weighted by Gasteiger charge is -2.44. The van der Waals surface area contributed by atoms with E-state index in [0.717, 1.165) is 0 Å². The minimum atomic E-state index is -6.34. The van der Waals surface area contributed by atoms with E-state index in [9.17, 15) is 30.7 Å². The summed E-state index contributed by atoms with van der Waals surface area (Å²) in [6.07, 6.45) is -6.31. The Bertz CT molecular complexity index is 664. The van der Waals surface area contributed by atoms with E-state index in [1.165, 1.54) is 0 Å². The van der Waals surface area contributed by atoms with Crippen LogP contribution in [0.4, 0.5) is 30.7 Å². The van der Waals surface area contributed by atoms with Gasteiger partial charge in [0.05, 0.1) is 6.10 Å². The zero-order chi connectivity index (χ0) is 28.3. The van der Waals surface area contributed by atoms with Gasteiger partial charge in [0.15, 0.2) is 16.6 Å². The van der Waals surface area contributed by atoms with Crippen LogP contribution >= 0.6 is 0 Å². The van der Waals surface area contributed by atoms with Crippen LogP contribution in [0.2, 0.25) is 35.3 Å². The molecular weight excluding hydrogens is 509 g/mol. The molecule has 0 aliphatic heterocycles. The highest BCUT2D eigenvalue weighted by molar-refractivity contribution is 6.76. The van der Waals surface area contributed by atoms with Crippen molar-refractivity contribution in [2.24, 2.45) is 5.92 Å². The van der Waals surface area contributed by atoms with Crippen LogP contribution in [0, 0.1) is 5.92 Å². The molecule has 0 saturated carbocycles. The Hall–Kier alpha value is -0.396. The van der Waals surface area contributed by atoms with E-state index in [4.69, 9.17) is 8.85 Å². The van der Waals surface area contributed by atoms with Crippen molar-refractivity contribution in [2.75, 3.05) is 6.61 Å². The van der Waals surface area contributed by atoms with E-state index >= 15 is 0 Å². The minimum absolute atomic E-state index is 0.0168. The third kappa shape index (κ3) is 8.30. The van der Waals surface area contributed by atoms with E-state index in [-0.39, 0.29) is 22.0 Å². The predicted octanol–water partition coefficient (Wildman–Crippen LogP) is 9.59. The minimum Gasteiger partial charge on any atom is -0.417 e. The first kappa shape index (κ1) is 34.6. The molecule has 2 nitrogen and oxygen atoms in total. The second kappa shape index (κ2) is 12.0. The fourth-order valence-corrected chi connectivity index (χ4v) is 9.61. The second-order valence-electron chi connectivity index (χ2n) is 11.7. The highest BCUT2D eigenvalue weighted by Gasteiger charge is 2.72. The first-order valence-corrected chi connectivity index (χ1v) is 17.3. The maximum absolute atomic E-state index is 14.2. The van der Waals surface area contributed by atoms with Gasteiger partial charge in [-0.25, -0.2) is 0 Å². The fraction of sp³-hybridized carbons (Fsp3) is 0.917. The predicted molar refractivity (Wildman–Crippen MR) is 133 cm³/mol. The summed E-state index contributed by atoms with van der Waals surface area (Å²) < 4.78 is 106. The van der Waals surface area contributed by atoms with Gasteiger partial charge in [-0.15, -0.1) is 6.58 Å². The van der Waals surface area contributed by atoms with Crippen molar-refractivity contribution in [3.8, 4) is 0 Å². The normalized spacial score (nSPS) is 16.7. The average Bonchev–Trinajstić information content (AvgIpc) is 2.66. The first-order chi connectivity index (χ1) is 15.4. The summed E-state index contributed by atoms with van der Waals surface area (Å²) in [5, 5.41) is -0.0168. The zero-order valence-electron chi connectivity index (χ0n) is 22.9. The van der Waals surface area contributed by atoms with Crippen LogP contribution in [-0.4, -0.2) is 47.4 Å². The summed E-state index contributed by atoms with van der Waals surface area (Å²) in [7, 11) is -5.30. The van der Waals surface area contributed by atoms with Crippen LogP contribution in [0.1, 0.15) is 68.2 Å². The van der Waals surface area contributed by atoms with Crippen LogP contribution in [0.15, 0.2) is 12.7 Å². The molecule has 0 N–H and O–H groups in total. The monoisotopic (exact) mass is 554 g/mol. The number of halogens is 7. The number of hydrogen-bond acceptors (Lipinski definition) is 2. The van der Waals surface area contributed by atoms with Gasteiger partial charge in [-0.05, 0) is 47.6 Å². The highest BCUT2D eigenvalue weighted by atomic mass is 28.4. The van der Waals surface area contributed by atoms with Crippen LogP contribution in [0.3, 0.4) is 0 Å². The maximum Gasteiger partial charge on any atom is 0.459 e. The average molecular weight is 555 g/mol. The summed E-state index contributed by atoms with van der Waals surface area (Å²) >= 11 is 0. The van der Waals surface area contributed by atoms with Gasteiger partial charge in [-0.2, -0.15) is 30.7 Å². The smallest absolute Gasteiger partial charge is 0.417 e. The standard InChI is InChI=1S/C24H45F7O2Si2/c1-12-19(6)20(13-15-32-34(10,11)21(7,8)9)33-35(17(2)3,18(4)5)16-14-22(25,26)23(27,28)24(29,30)31/h12,17-20H,1,13-16H2,2-11H3/t19-,20+/m1/s1. The molecule has 0 aromatic rings. The molecule has 0 bridgehead atoms. The van der Waals surface area contributed by atoms with Gasteiger partial charge < -0.3 is 8.85 Å². The number of rotatable bonds is 14. The molecule has 0 rings (SSSR count). The molecular formula is C24H45F7O2Si2. The van der Waals surface area contributed by atoms with E-state index in [1.807, 2.05) is 6.92 Å². The number of alkyl halides is 7. The Kier molecular flexibility index (Phi) is 11.8. The Labute approximate surface area is 209 Å². The van der Waals surface area contributed by atoms with Crippen molar-refractivity contribution >= 4 is 16.6 Å². The lowest BCUT2D eigenvalue weighted by molar-refractivity contribution is -0.354. The first-order valence-electron chi connectivity index (χ1n) is 12.2. The molecule has 2 atom stereocenters. The number of hydrogen-bond donors (Lipinski definition) is 0. The van der Waals surface area contributed by atoms with Crippen LogP contribution < -0.4 is 0 Å². The van der Waals surface area contributed by atoms with Gasteiger partial charge >= 0.3 is 18.0 Å². The van der Waals surface area contributed by atoms with Crippen LogP contribution in [0.5, 0.6) is 0 Å². The van der Waals surface area contributed by atoms with Crippen molar-refractivity contribution in [2.45, 2.75) is 128 Å². The van der Waals surface area contributed by atoms with Gasteiger partial charge in [0, 0.05) is 13.0 Å². The zero-order valence-corrected chi connectivity index (χ0v) is 24.9. The van der Waals surface area contributed by atoms with Crippen molar-refractivity contribution in [1.29, 1.82) is 0 Å². The Morgan fingerprint density at radius 1 is 0.857 bits per heavy atom. The largest absolute Gasteiger partial charge is 0.459 e. The molecule has 0 aromatic carbocycles. The molecule has 0 fully saturated rings. The summed E-state index contributed by atoms with van der Waals surface area (Å²) in [6.45, 7) is 23.6. The van der Waals surface area contributed by atoms with Crippen LogP contribution in [-0.2, 0) is 8.85 Å². The van der Waals surface area contributed by atoms with Crippen molar-refractivity contribution in [3.05, 3.63) is 12.7 Å². The van der Waals surface area contributed by atoms with Gasteiger partial charge in [0.1, 0.15) is 0 Å². The second-order valence-corrected chi connectivity index (χ2v) is 21.5. The third-order valence-electron chi connectivity index (χ3n) is 7.60. The Morgan fingerprint density at radius 3 is 1.66 bits per heavy atom. The fourth-order valence-electron chi connectivity index (χ4n) is 3.80. The van der Waals surface area contributed by atoms with Gasteiger partial charge in [-0.1, -0.05) is 61.5 Å². The summed E-state index contributed by atoms with van der Waals surface area (Å²) in [5.41, 5.74) is -0.586. The van der Waals surface area contributed by atoms with E-state index < -0.39 is 53.2 Å². The Morgan fingerprint density at radius 2 is 1.31 bits per heavy atom. The maximum atomic E-state index is 14.2. The molecule has 35 heavy (non-hydrogen) atoms. The van der Waals surface area contributed by atoms with Gasteiger partial charge in [0.2, 0.25) is 0 Å². The molecule has 0 amide bonds. The molecule has 0 unspecified atom stereocenters. The highest BCUT2D eigenvalue weighted by Crippen LogP contribution is 2.51. The van der Waals surface area contributed by atoms with E-state index in [2.05, 4.69) is 40.4 Å². The van der Waals surface area contributed by atoms with E-state index in [0.29, 0.717) is 13.0 Å². The molecule has 11 heteroatoms. The van der Waals surface area contributed by atoms with Crippen molar-refractivity contribution in [1.82, 2.24) is 0 Å². The summed E-state index contributed by atoms with van der Waals surface area (Å²) in [4.78, 5) is 0. The lowest BCUT2D eigenvalue weighted by atomic mass is 10.0. The van der Waals surface area contributed by atoms with Gasteiger partial charge in [0.25, 0.3) is 0 Å². The molecule has 0 heterocycles.